The van der Waals surface area contributed by atoms with Gasteiger partial charge < -0.3 is 10.8 Å². The lowest BCUT2D eigenvalue weighted by Crippen LogP contribution is -2.32. The van der Waals surface area contributed by atoms with E-state index >= 15 is 0 Å². The van der Waals surface area contributed by atoms with Gasteiger partial charge in [0.05, 0.1) is 6.54 Å². The second-order valence-electron chi connectivity index (χ2n) is 5.64. The second-order valence-corrected chi connectivity index (χ2v) is 6.48. The Morgan fingerprint density at radius 1 is 1.25 bits per heavy atom. The van der Waals surface area contributed by atoms with Crippen LogP contribution in [0.3, 0.4) is 0 Å². The maximum Gasteiger partial charge on any atom is 0.137 e. The van der Waals surface area contributed by atoms with E-state index in [1.807, 2.05) is 0 Å². The lowest BCUT2D eigenvalue weighted by atomic mass is 9.88. The first-order valence-corrected chi connectivity index (χ1v) is 8.92. The van der Waals surface area contributed by atoms with Gasteiger partial charge in [-0.25, -0.2) is 9.67 Å². The number of rotatable bonds is 7. The van der Waals surface area contributed by atoms with Crippen LogP contribution < -0.4 is 5.73 Å². The molecule has 0 saturated heterocycles. The number of hydrogen-bond donors (Lipinski definition) is 2. The first-order valence-electron chi connectivity index (χ1n) is 8.17. The number of nitrogens with two attached hydrogens (primary N) is 1. The smallest absolute Gasteiger partial charge is 0.137 e. The molecule has 0 radical (unpaired) electrons. The predicted molar refractivity (Wildman–Crippen MR) is 99.3 cm³/mol. The molecule has 1 aromatic heterocycles. The van der Waals surface area contributed by atoms with Crippen molar-refractivity contribution < 1.29 is 5.11 Å². The minimum Gasteiger partial charge on any atom is -0.383 e. The third-order valence-corrected chi connectivity index (χ3v) is 4.10. The fourth-order valence-corrected chi connectivity index (χ4v) is 2.80. The van der Waals surface area contributed by atoms with E-state index in [-0.39, 0.29) is 0 Å². The highest BCUT2D eigenvalue weighted by atomic mass is 35.5. The minimum absolute atomic E-state index is 0.314. The van der Waals surface area contributed by atoms with Crippen LogP contribution >= 0.6 is 23.2 Å². The number of hydrogen-bond acceptors (Lipinski definition) is 4. The van der Waals surface area contributed by atoms with E-state index in [9.17, 15) is 5.11 Å². The molecule has 0 bridgehead atoms. The Morgan fingerprint density at radius 3 is 2.46 bits per heavy atom. The van der Waals surface area contributed by atoms with E-state index in [1.54, 1.807) is 29.2 Å². The number of unbranched alkanes of at least 4 members (excludes halogenated alkanes) is 1. The average Bonchev–Trinajstić information content (AvgIpc) is 3.05. The van der Waals surface area contributed by atoms with Crippen molar-refractivity contribution in [2.24, 2.45) is 5.73 Å². The largest absolute Gasteiger partial charge is 0.383 e. The molecule has 3 N–H and O–H groups in total. The highest BCUT2D eigenvalue weighted by Gasteiger charge is 2.31. The number of nitrogens with zero attached hydrogens (tertiary/aromatic N) is 3. The zero-order chi connectivity index (χ0) is 18.0. The standard InChI is InChI=1S/C14H17Cl2N3O.C3H9N/c1-2-3-6-14(20,8-19-10-17-9-18-19)12-5-4-11(15)7-13(12)16;1-2-3-4/h4-5,7,9-10,20H,2-3,6,8H2,1H3;2-4H2,1H3. The Bertz CT molecular complexity index is 590. The maximum atomic E-state index is 11.0. The highest BCUT2D eigenvalue weighted by Crippen LogP contribution is 2.35. The van der Waals surface area contributed by atoms with Crippen LogP contribution in [-0.2, 0) is 12.1 Å². The molecule has 0 fully saturated rings. The van der Waals surface area contributed by atoms with E-state index in [2.05, 4.69) is 23.9 Å². The molecule has 0 amide bonds. The summed E-state index contributed by atoms with van der Waals surface area (Å²) in [7, 11) is 0. The summed E-state index contributed by atoms with van der Waals surface area (Å²) in [5.41, 5.74) is 4.62. The average molecular weight is 373 g/mol. The molecule has 0 saturated carbocycles. The van der Waals surface area contributed by atoms with Crippen LogP contribution in [0.5, 0.6) is 0 Å². The van der Waals surface area contributed by atoms with Crippen LogP contribution in [0.15, 0.2) is 30.9 Å². The molecule has 2 aromatic rings. The molecule has 2 rings (SSSR count). The van der Waals surface area contributed by atoms with Crippen molar-refractivity contribution in [3.05, 3.63) is 46.5 Å². The Morgan fingerprint density at radius 2 is 1.96 bits per heavy atom. The van der Waals surface area contributed by atoms with Crippen LogP contribution in [0, 0.1) is 0 Å². The number of halogens is 2. The van der Waals surface area contributed by atoms with Gasteiger partial charge >= 0.3 is 0 Å². The monoisotopic (exact) mass is 372 g/mol. The van der Waals surface area contributed by atoms with Gasteiger partial charge in [0.15, 0.2) is 0 Å². The molecule has 1 heterocycles. The van der Waals surface area contributed by atoms with Gasteiger partial charge in [-0.05, 0) is 31.5 Å². The van der Waals surface area contributed by atoms with Crippen molar-refractivity contribution >= 4 is 23.2 Å². The molecule has 5 nitrogen and oxygen atoms in total. The Hall–Kier alpha value is -1.14. The van der Waals surface area contributed by atoms with Crippen molar-refractivity contribution in [1.29, 1.82) is 0 Å². The molecule has 0 aliphatic heterocycles. The molecule has 0 aliphatic rings. The zero-order valence-electron chi connectivity index (χ0n) is 14.3. The molecule has 7 heteroatoms. The molecule has 1 atom stereocenters. The summed E-state index contributed by atoms with van der Waals surface area (Å²) in [4.78, 5) is 3.90. The summed E-state index contributed by atoms with van der Waals surface area (Å²) in [5, 5.41) is 16.1. The summed E-state index contributed by atoms with van der Waals surface area (Å²) in [6.07, 6.45) is 6.62. The third kappa shape index (κ3) is 6.40. The molecule has 24 heavy (non-hydrogen) atoms. The van der Waals surface area contributed by atoms with E-state index in [1.165, 1.54) is 6.33 Å². The van der Waals surface area contributed by atoms with Crippen molar-refractivity contribution in [1.82, 2.24) is 14.8 Å². The van der Waals surface area contributed by atoms with Gasteiger partial charge in [-0.3, -0.25) is 0 Å². The summed E-state index contributed by atoms with van der Waals surface area (Å²) in [5.74, 6) is 0. The third-order valence-electron chi connectivity index (χ3n) is 3.56. The van der Waals surface area contributed by atoms with Crippen molar-refractivity contribution in [3.63, 3.8) is 0 Å². The van der Waals surface area contributed by atoms with Crippen molar-refractivity contribution in [3.8, 4) is 0 Å². The Kier molecular flexibility index (Phi) is 9.29. The summed E-state index contributed by atoms with van der Waals surface area (Å²) in [6, 6.07) is 5.16. The number of benzene rings is 1. The van der Waals surface area contributed by atoms with Crippen LogP contribution in [0.25, 0.3) is 0 Å². The van der Waals surface area contributed by atoms with Gasteiger partial charge in [-0.2, -0.15) is 5.10 Å². The lowest BCUT2D eigenvalue weighted by molar-refractivity contribution is 0.00429. The maximum absolute atomic E-state index is 11.0. The topological polar surface area (TPSA) is 77.0 Å². The van der Waals surface area contributed by atoms with Gasteiger partial charge in [-0.1, -0.05) is 56.0 Å². The normalized spacial score (nSPS) is 13.1. The SMILES string of the molecule is CCCCC(O)(Cn1cncn1)c1ccc(Cl)cc1Cl.CCCN. The van der Waals surface area contributed by atoms with Crippen LogP contribution in [0.2, 0.25) is 10.0 Å². The predicted octanol–water partition coefficient (Wildman–Crippen LogP) is 4.02. The lowest BCUT2D eigenvalue weighted by Gasteiger charge is -2.29. The van der Waals surface area contributed by atoms with E-state index < -0.39 is 5.60 Å². The van der Waals surface area contributed by atoms with Gasteiger partial charge in [-0.15, -0.1) is 0 Å². The summed E-state index contributed by atoms with van der Waals surface area (Å²) in [6.45, 7) is 5.27. The van der Waals surface area contributed by atoms with Crippen LogP contribution in [-0.4, -0.2) is 26.4 Å². The molecule has 1 aromatic carbocycles. The van der Waals surface area contributed by atoms with E-state index in [0.29, 0.717) is 28.6 Å². The fraction of sp³-hybridized carbons (Fsp3) is 0.529. The molecule has 0 aliphatic carbocycles. The number of aliphatic hydroxyl groups is 1. The van der Waals surface area contributed by atoms with E-state index in [4.69, 9.17) is 28.9 Å². The Labute approximate surface area is 153 Å². The first-order chi connectivity index (χ1) is 11.5. The van der Waals surface area contributed by atoms with Gasteiger partial charge in [0.25, 0.3) is 0 Å². The van der Waals surface area contributed by atoms with Crippen LogP contribution in [0.1, 0.15) is 45.1 Å². The quantitative estimate of drug-likeness (QED) is 0.769. The van der Waals surface area contributed by atoms with Gasteiger partial charge in [0.1, 0.15) is 18.3 Å². The molecule has 134 valence electrons. The highest BCUT2D eigenvalue weighted by molar-refractivity contribution is 6.35. The minimum atomic E-state index is -1.08. The molecule has 0 spiro atoms. The van der Waals surface area contributed by atoms with Crippen LogP contribution in [0.4, 0.5) is 0 Å². The number of aromatic nitrogens is 3. The summed E-state index contributed by atoms with van der Waals surface area (Å²) < 4.78 is 1.61. The van der Waals surface area contributed by atoms with Gasteiger partial charge in [0, 0.05) is 15.6 Å². The van der Waals surface area contributed by atoms with Crippen molar-refractivity contribution in [2.45, 2.75) is 51.7 Å². The zero-order valence-corrected chi connectivity index (χ0v) is 15.8. The van der Waals surface area contributed by atoms with Crippen molar-refractivity contribution in [2.75, 3.05) is 6.54 Å². The second kappa shape index (κ2) is 10.7. The molecule has 1 unspecified atom stereocenters. The Balaban J connectivity index is 0.000000648. The first kappa shape index (κ1) is 20.9. The molecular formula is C17H26Cl2N4O. The fourth-order valence-electron chi connectivity index (χ4n) is 2.22. The summed E-state index contributed by atoms with van der Waals surface area (Å²) >= 11 is 12.2. The molecular weight excluding hydrogens is 347 g/mol. The van der Waals surface area contributed by atoms with Gasteiger partial charge in [0.2, 0.25) is 0 Å². The van der Waals surface area contributed by atoms with E-state index in [0.717, 1.165) is 25.8 Å².